The highest BCUT2D eigenvalue weighted by atomic mass is 16.5. The van der Waals surface area contributed by atoms with Crippen LogP contribution in [0.15, 0.2) is 54.6 Å². The zero-order valence-corrected chi connectivity index (χ0v) is 28.7. The number of nitrogens with zero attached hydrogens (tertiary/aromatic N) is 4. The molecular formula is C35H46N4O11. The Bertz CT molecular complexity index is 1600. The number of para-hydroxylation sites is 2. The quantitative estimate of drug-likeness (QED) is 0.127. The van der Waals surface area contributed by atoms with E-state index in [-0.39, 0.29) is 0 Å². The van der Waals surface area contributed by atoms with E-state index in [9.17, 15) is 24.3 Å². The topological polar surface area (TPSA) is 212 Å². The summed E-state index contributed by atoms with van der Waals surface area (Å²) in [5.41, 5.74) is 4.91. The highest BCUT2D eigenvalue weighted by molar-refractivity contribution is 5.90. The van der Waals surface area contributed by atoms with E-state index in [1.54, 1.807) is 0 Å². The molecule has 0 unspecified atom stereocenters. The third-order valence-electron chi connectivity index (χ3n) is 7.53. The lowest BCUT2D eigenvalue weighted by atomic mass is 10.0. The van der Waals surface area contributed by atoms with Crippen molar-refractivity contribution >= 4 is 40.9 Å². The van der Waals surface area contributed by atoms with E-state index in [1.165, 1.54) is 0 Å². The number of phenols is 1. The molecule has 1 saturated heterocycles. The number of imidazole rings is 1. The van der Waals surface area contributed by atoms with Gasteiger partial charge in [0.2, 0.25) is 5.95 Å². The number of carboxylic acid groups (broad SMARTS) is 4. The van der Waals surface area contributed by atoms with Crippen molar-refractivity contribution in [3.63, 3.8) is 0 Å². The predicted molar refractivity (Wildman–Crippen MR) is 186 cm³/mol. The average molecular weight is 699 g/mol. The first-order valence-electron chi connectivity index (χ1n) is 15.9. The van der Waals surface area contributed by atoms with Gasteiger partial charge in [0, 0.05) is 63.5 Å². The number of carboxylic acids is 4. The van der Waals surface area contributed by atoms with Crippen molar-refractivity contribution < 1.29 is 54.2 Å². The molecule has 5 N–H and O–H groups in total. The number of likely N-dealkylation sites (N-methyl/N-ethyl adjacent to an activating group) is 1. The van der Waals surface area contributed by atoms with Crippen molar-refractivity contribution in [3.05, 3.63) is 71.3 Å². The van der Waals surface area contributed by atoms with E-state index in [0.29, 0.717) is 49.9 Å². The number of benzene rings is 2. The van der Waals surface area contributed by atoms with Crippen LogP contribution in [0.3, 0.4) is 0 Å². The van der Waals surface area contributed by atoms with Crippen LogP contribution in [0, 0.1) is 20.8 Å². The van der Waals surface area contributed by atoms with Crippen molar-refractivity contribution in [1.29, 1.82) is 0 Å². The number of rotatable bonds is 13. The number of hydrogen-bond acceptors (Lipinski definition) is 10. The summed E-state index contributed by atoms with van der Waals surface area (Å²) in [5, 5.41) is 41.3. The van der Waals surface area contributed by atoms with E-state index >= 15 is 0 Å². The second kappa shape index (κ2) is 20.8. The van der Waals surface area contributed by atoms with Crippen LogP contribution in [-0.4, -0.2) is 117 Å². The number of hydrogen-bond donors (Lipinski definition) is 5. The summed E-state index contributed by atoms with van der Waals surface area (Å²) in [6.45, 7) is 12.7. The van der Waals surface area contributed by atoms with Crippen LogP contribution in [0.1, 0.15) is 29.5 Å². The third kappa shape index (κ3) is 14.0. The number of carbonyl (C=O) groups is 4. The van der Waals surface area contributed by atoms with E-state index in [2.05, 4.69) is 45.7 Å². The van der Waals surface area contributed by atoms with Gasteiger partial charge in [0.05, 0.1) is 24.2 Å². The third-order valence-corrected chi connectivity index (χ3v) is 7.53. The maximum Gasteiger partial charge on any atom is 0.328 e. The molecule has 0 spiro atoms. The van der Waals surface area contributed by atoms with Crippen LogP contribution < -0.4 is 9.64 Å². The summed E-state index contributed by atoms with van der Waals surface area (Å²) < 4.78 is 14.3. The summed E-state index contributed by atoms with van der Waals surface area (Å²) >= 11 is 0. The van der Waals surface area contributed by atoms with Crippen LogP contribution in [0.2, 0.25) is 0 Å². The average Bonchev–Trinajstić information content (AvgIpc) is 3.29. The molecule has 272 valence electrons. The molecule has 0 bridgehead atoms. The molecule has 0 atom stereocenters. The molecule has 1 aliphatic rings. The monoisotopic (exact) mass is 698 g/mol. The molecule has 1 fully saturated rings. The molecule has 2 aromatic carbocycles. The highest BCUT2D eigenvalue weighted by Gasteiger charge is 2.19. The normalized spacial score (nSPS) is 13.3. The molecular weight excluding hydrogens is 652 g/mol. The van der Waals surface area contributed by atoms with Crippen LogP contribution in [-0.2, 0) is 30.5 Å². The van der Waals surface area contributed by atoms with Crippen molar-refractivity contribution in [3.8, 4) is 11.5 Å². The van der Waals surface area contributed by atoms with E-state index in [0.717, 1.165) is 85.0 Å². The summed E-state index contributed by atoms with van der Waals surface area (Å²) in [5.74, 6) is -2.78. The molecule has 15 heteroatoms. The lowest BCUT2D eigenvalue weighted by Gasteiger charge is -2.23. The zero-order chi connectivity index (χ0) is 37.2. The first-order valence-corrected chi connectivity index (χ1v) is 15.9. The number of phenolic OH excluding ortho intramolecular Hbond substituents is 1. The zero-order valence-electron chi connectivity index (χ0n) is 28.7. The first-order chi connectivity index (χ1) is 23.7. The van der Waals surface area contributed by atoms with Crippen molar-refractivity contribution in [1.82, 2.24) is 14.5 Å². The van der Waals surface area contributed by atoms with Gasteiger partial charge in [-0.2, -0.15) is 0 Å². The fourth-order valence-corrected chi connectivity index (χ4v) is 4.84. The summed E-state index contributed by atoms with van der Waals surface area (Å²) in [7, 11) is 2.19. The maximum absolute atomic E-state index is 10.1. The van der Waals surface area contributed by atoms with E-state index < -0.39 is 23.9 Å². The van der Waals surface area contributed by atoms with Crippen LogP contribution in [0.25, 0.3) is 11.0 Å². The van der Waals surface area contributed by atoms with E-state index in [4.69, 9.17) is 34.9 Å². The fourth-order valence-electron chi connectivity index (χ4n) is 4.84. The van der Waals surface area contributed by atoms with Crippen LogP contribution >= 0.6 is 0 Å². The molecule has 3 aromatic rings. The van der Waals surface area contributed by atoms with Crippen molar-refractivity contribution in [2.24, 2.45) is 0 Å². The Morgan fingerprint density at radius 2 is 1.40 bits per heavy atom. The van der Waals surface area contributed by atoms with Gasteiger partial charge in [0.1, 0.15) is 11.5 Å². The second-order valence-corrected chi connectivity index (χ2v) is 11.3. The first kappa shape index (κ1) is 40.8. The summed E-state index contributed by atoms with van der Waals surface area (Å²) in [4.78, 5) is 48.0. The van der Waals surface area contributed by atoms with Crippen molar-refractivity contribution in [2.75, 3.05) is 57.9 Å². The van der Waals surface area contributed by atoms with Gasteiger partial charge in [-0.25, -0.2) is 24.2 Å². The van der Waals surface area contributed by atoms with E-state index in [1.807, 2.05) is 26.8 Å². The lowest BCUT2D eigenvalue weighted by Crippen LogP contribution is -2.31. The Hall–Kier alpha value is -5.41. The van der Waals surface area contributed by atoms with Gasteiger partial charge < -0.3 is 49.4 Å². The Kier molecular flexibility index (Phi) is 17.0. The molecule has 4 rings (SSSR count). The van der Waals surface area contributed by atoms with Gasteiger partial charge >= 0.3 is 23.9 Å². The number of aryl methyl sites for hydroxylation is 1. The number of fused-ring (bicyclic) bond motifs is 1. The van der Waals surface area contributed by atoms with Crippen molar-refractivity contribution in [2.45, 2.75) is 40.2 Å². The minimum absolute atomic E-state index is 0.353. The van der Waals surface area contributed by atoms with Gasteiger partial charge in [-0.1, -0.05) is 12.1 Å². The fraction of sp³-hybridized carbons (Fsp3) is 0.400. The molecule has 0 aliphatic carbocycles. The standard InChI is InChI=1S/C27H38N4O3.2C4H4O4/c1-20-19-25(21(2)22(3)26(20)32)34-17-8-16-33-18-15-31-24-10-6-5-9-23(24)28-27(31)30-12-7-11-29(4)13-14-30;2*5-3(6)1-2-4(7)8/h5-6,9-10,19,32H,7-8,11-18H2,1-4H3;2*1-2H,(H,5,6)(H,7,8)/b;2*2-1+. The SMILES string of the molecule is Cc1cc(OCCCOCCn2c(N3CCCN(C)CC3)nc3ccccc32)c(C)c(C)c1O.O=C(O)/C=C/C(=O)O.O=C(O)/C=C/C(=O)O. The van der Waals surface area contributed by atoms with Crippen LogP contribution in [0.4, 0.5) is 5.95 Å². The van der Waals surface area contributed by atoms with Gasteiger partial charge in [-0.3, -0.25) is 0 Å². The Balaban J connectivity index is 0.000000450. The Labute approximate surface area is 290 Å². The summed E-state index contributed by atoms with van der Waals surface area (Å²) in [6.07, 6.45) is 4.19. The smallest absolute Gasteiger partial charge is 0.328 e. The molecule has 1 aromatic heterocycles. The minimum Gasteiger partial charge on any atom is -0.507 e. The molecule has 0 radical (unpaired) electrons. The Morgan fingerprint density at radius 3 is 2.00 bits per heavy atom. The number of aromatic nitrogens is 2. The molecule has 2 heterocycles. The second-order valence-electron chi connectivity index (χ2n) is 11.3. The summed E-state index contributed by atoms with van der Waals surface area (Å²) in [6, 6.07) is 10.3. The number of anilines is 1. The molecule has 1 aliphatic heterocycles. The van der Waals surface area contributed by atoms with Gasteiger partial charge in [0.15, 0.2) is 0 Å². The number of aliphatic carboxylic acids is 4. The highest BCUT2D eigenvalue weighted by Crippen LogP contribution is 2.32. The van der Waals surface area contributed by atoms with Gasteiger partial charge in [0.25, 0.3) is 0 Å². The molecule has 0 saturated carbocycles. The predicted octanol–water partition coefficient (Wildman–Crippen LogP) is 3.72. The minimum atomic E-state index is -1.26. The van der Waals surface area contributed by atoms with Gasteiger partial charge in [-0.05, 0) is 75.7 Å². The lowest BCUT2D eigenvalue weighted by molar-refractivity contribution is -0.134. The Morgan fingerprint density at radius 1 is 0.800 bits per heavy atom. The largest absolute Gasteiger partial charge is 0.507 e. The maximum atomic E-state index is 10.1. The molecule has 15 nitrogen and oxygen atoms in total. The van der Waals surface area contributed by atoms with Gasteiger partial charge in [-0.15, -0.1) is 0 Å². The van der Waals surface area contributed by atoms with Crippen LogP contribution in [0.5, 0.6) is 11.5 Å². The molecule has 0 amide bonds. The molecule has 50 heavy (non-hydrogen) atoms. The number of ether oxygens (including phenoxy) is 2. The number of aromatic hydroxyl groups is 1.